The van der Waals surface area contributed by atoms with Crippen LogP contribution in [0.15, 0.2) is 12.1 Å². The molecule has 1 heterocycles. The van der Waals surface area contributed by atoms with Crippen molar-refractivity contribution in [3.63, 3.8) is 0 Å². The van der Waals surface area contributed by atoms with Gasteiger partial charge in [0.1, 0.15) is 0 Å². The smallest absolute Gasteiger partial charge is 0.401 e. The summed E-state index contributed by atoms with van der Waals surface area (Å²) in [6.45, 7) is -0.0524. The molecule has 2 N–H and O–H groups in total. The molecule has 0 saturated heterocycles. The van der Waals surface area contributed by atoms with Gasteiger partial charge in [-0.25, -0.2) is 4.98 Å². The fraction of sp³-hybridized carbons (Fsp3) is 0.286. The van der Waals surface area contributed by atoms with Gasteiger partial charge in [0, 0.05) is 6.54 Å². The molecule has 0 bridgehead atoms. The number of aromatic nitrogens is 1. The number of pyridine rings is 1. The lowest BCUT2D eigenvalue weighted by molar-refractivity contribution is -0.275. The Hall–Kier alpha value is -1.37. The van der Waals surface area contributed by atoms with Gasteiger partial charge in [-0.3, -0.25) is 0 Å². The van der Waals surface area contributed by atoms with Gasteiger partial charge in [0.25, 0.3) is 5.95 Å². The third-order valence-corrected chi connectivity index (χ3v) is 1.31. The molecule has 1 rings (SSSR count). The van der Waals surface area contributed by atoms with Crippen LogP contribution in [0.1, 0.15) is 5.69 Å². The van der Waals surface area contributed by atoms with Crippen LogP contribution in [0, 0.1) is 5.95 Å². The summed E-state index contributed by atoms with van der Waals surface area (Å²) in [5, 5.41) is 0. The molecular formula is C7H6F4N2O. The van der Waals surface area contributed by atoms with Gasteiger partial charge in [-0.2, -0.15) is 4.39 Å². The van der Waals surface area contributed by atoms with Gasteiger partial charge < -0.3 is 10.5 Å². The summed E-state index contributed by atoms with van der Waals surface area (Å²) in [6, 6.07) is 1.99. The van der Waals surface area contributed by atoms with E-state index in [2.05, 4.69) is 9.72 Å². The molecule has 0 aromatic carbocycles. The average molecular weight is 210 g/mol. The van der Waals surface area contributed by atoms with Crippen LogP contribution in [0.2, 0.25) is 0 Å². The third kappa shape index (κ3) is 2.84. The first-order valence-electron chi connectivity index (χ1n) is 3.53. The second-order valence-electron chi connectivity index (χ2n) is 2.34. The first kappa shape index (κ1) is 10.7. The molecular weight excluding hydrogens is 204 g/mol. The summed E-state index contributed by atoms with van der Waals surface area (Å²) in [6.07, 6.45) is -4.92. The molecule has 0 saturated carbocycles. The fourth-order valence-electron chi connectivity index (χ4n) is 0.774. The molecule has 1 aromatic rings. The summed E-state index contributed by atoms with van der Waals surface area (Å²) in [5.41, 5.74) is 5.25. The van der Waals surface area contributed by atoms with E-state index in [1.165, 1.54) is 0 Å². The Morgan fingerprint density at radius 2 is 2.00 bits per heavy atom. The van der Waals surface area contributed by atoms with Crippen molar-refractivity contribution in [3.8, 4) is 5.75 Å². The summed E-state index contributed by atoms with van der Waals surface area (Å²) >= 11 is 0. The van der Waals surface area contributed by atoms with E-state index in [1.807, 2.05) is 0 Å². The molecule has 0 aliphatic heterocycles. The highest BCUT2D eigenvalue weighted by Gasteiger charge is 2.32. The van der Waals surface area contributed by atoms with Crippen LogP contribution < -0.4 is 10.5 Å². The normalized spacial score (nSPS) is 11.5. The molecule has 0 fully saturated rings. The molecule has 78 valence electrons. The van der Waals surface area contributed by atoms with Crippen LogP contribution in [0.3, 0.4) is 0 Å². The molecule has 0 spiro atoms. The lowest BCUT2D eigenvalue weighted by Crippen LogP contribution is -2.18. The van der Waals surface area contributed by atoms with E-state index < -0.39 is 18.1 Å². The van der Waals surface area contributed by atoms with Crippen molar-refractivity contribution in [1.82, 2.24) is 4.98 Å². The summed E-state index contributed by atoms with van der Waals surface area (Å²) in [4.78, 5) is 3.16. The van der Waals surface area contributed by atoms with Crippen molar-refractivity contribution in [2.75, 3.05) is 0 Å². The van der Waals surface area contributed by atoms with E-state index in [0.29, 0.717) is 0 Å². The Balaban J connectivity index is 2.89. The van der Waals surface area contributed by atoms with Crippen LogP contribution in [-0.4, -0.2) is 11.3 Å². The van der Waals surface area contributed by atoms with Gasteiger partial charge in [-0.05, 0) is 12.1 Å². The second kappa shape index (κ2) is 3.79. The highest BCUT2D eigenvalue weighted by molar-refractivity contribution is 5.21. The Morgan fingerprint density at radius 3 is 2.43 bits per heavy atom. The maximum atomic E-state index is 12.8. The van der Waals surface area contributed by atoms with E-state index >= 15 is 0 Å². The predicted octanol–water partition coefficient (Wildman–Crippen LogP) is 1.58. The zero-order valence-electron chi connectivity index (χ0n) is 6.81. The predicted molar refractivity (Wildman–Crippen MR) is 38.8 cm³/mol. The molecule has 0 aliphatic carbocycles. The maximum absolute atomic E-state index is 12.8. The SMILES string of the molecule is NCc1ccc(OC(F)(F)F)c(F)n1. The summed E-state index contributed by atoms with van der Waals surface area (Å²) in [7, 11) is 0. The number of alkyl halides is 3. The highest BCUT2D eigenvalue weighted by Crippen LogP contribution is 2.24. The molecule has 1 aromatic heterocycles. The summed E-state index contributed by atoms with van der Waals surface area (Å²) < 4.78 is 51.1. The Kier molecular flexibility index (Phi) is 2.90. The minimum atomic E-state index is -4.92. The lowest BCUT2D eigenvalue weighted by Gasteiger charge is -2.09. The summed E-state index contributed by atoms with van der Waals surface area (Å²) in [5.74, 6) is -2.29. The van der Waals surface area contributed by atoms with Gasteiger partial charge in [0.2, 0.25) is 0 Å². The topological polar surface area (TPSA) is 48.1 Å². The van der Waals surface area contributed by atoms with Gasteiger partial charge in [-0.15, -0.1) is 13.2 Å². The maximum Gasteiger partial charge on any atom is 0.573 e. The molecule has 7 heteroatoms. The van der Waals surface area contributed by atoms with Crippen molar-refractivity contribution >= 4 is 0 Å². The molecule has 0 radical (unpaired) electrons. The second-order valence-corrected chi connectivity index (χ2v) is 2.34. The number of hydrogen-bond donors (Lipinski definition) is 1. The number of ether oxygens (including phenoxy) is 1. The number of nitrogens with zero attached hydrogens (tertiary/aromatic N) is 1. The molecule has 0 aliphatic rings. The molecule has 0 unspecified atom stereocenters. The monoisotopic (exact) mass is 210 g/mol. The lowest BCUT2D eigenvalue weighted by atomic mass is 10.3. The highest BCUT2D eigenvalue weighted by atomic mass is 19.4. The first-order valence-corrected chi connectivity index (χ1v) is 3.53. The van der Waals surface area contributed by atoms with E-state index in [0.717, 1.165) is 12.1 Å². The van der Waals surface area contributed by atoms with E-state index in [4.69, 9.17) is 5.73 Å². The fourth-order valence-corrected chi connectivity index (χ4v) is 0.774. The molecule has 14 heavy (non-hydrogen) atoms. The van der Waals surface area contributed by atoms with Crippen LogP contribution >= 0.6 is 0 Å². The van der Waals surface area contributed by atoms with Crippen molar-refractivity contribution in [3.05, 3.63) is 23.8 Å². The van der Waals surface area contributed by atoms with Crippen molar-refractivity contribution < 1.29 is 22.3 Å². The number of rotatable bonds is 2. The third-order valence-electron chi connectivity index (χ3n) is 1.31. The van der Waals surface area contributed by atoms with Crippen molar-refractivity contribution in [2.45, 2.75) is 12.9 Å². The molecule has 0 atom stereocenters. The standard InChI is InChI=1S/C7H6F4N2O/c8-6-5(14-7(9,10)11)2-1-4(3-12)13-6/h1-2H,3,12H2. The van der Waals surface area contributed by atoms with Gasteiger partial charge in [0.05, 0.1) is 5.69 Å². The van der Waals surface area contributed by atoms with Crippen molar-refractivity contribution in [2.24, 2.45) is 5.73 Å². The minimum Gasteiger partial charge on any atom is -0.401 e. The van der Waals surface area contributed by atoms with Crippen LogP contribution in [-0.2, 0) is 6.54 Å². The van der Waals surface area contributed by atoms with Gasteiger partial charge >= 0.3 is 6.36 Å². The average Bonchev–Trinajstić information content (AvgIpc) is 2.06. The van der Waals surface area contributed by atoms with Crippen LogP contribution in [0.5, 0.6) is 5.75 Å². The number of nitrogens with two attached hydrogens (primary N) is 1. The van der Waals surface area contributed by atoms with Crippen LogP contribution in [0.4, 0.5) is 17.6 Å². The minimum absolute atomic E-state index is 0.0524. The van der Waals surface area contributed by atoms with E-state index in [1.54, 1.807) is 0 Å². The zero-order valence-corrected chi connectivity index (χ0v) is 6.81. The number of hydrogen-bond acceptors (Lipinski definition) is 3. The van der Waals surface area contributed by atoms with Crippen LogP contribution in [0.25, 0.3) is 0 Å². The Morgan fingerprint density at radius 1 is 1.36 bits per heavy atom. The van der Waals surface area contributed by atoms with Gasteiger partial charge in [0.15, 0.2) is 5.75 Å². The molecule has 0 amide bonds. The largest absolute Gasteiger partial charge is 0.573 e. The van der Waals surface area contributed by atoms with E-state index in [-0.39, 0.29) is 12.2 Å². The first-order chi connectivity index (χ1) is 6.42. The van der Waals surface area contributed by atoms with Gasteiger partial charge in [-0.1, -0.05) is 0 Å². The van der Waals surface area contributed by atoms with Crippen molar-refractivity contribution in [1.29, 1.82) is 0 Å². The quantitative estimate of drug-likeness (QED) is 0.595. The van der Waals surface area contributed by atoms with E-state index in [9.17, 15) is 17.6 Å². The number of halogens is 4. The zero-order chi connectivity index (χ0) is 10.8. The Labute approximate surface area is 76.5 Å². The Bertz CT molecular complexity index is 326. The molecule has 3 nitrogen and oxygen atoms in total.